The Morgan fingerprint density at radius 1 is 0.842 bits per heavy atom. The zero-order valence-corrected chi connectivity index (χ0v) is 21.9. The molecule has 0 unspecified atom stereocenters. The fourth-order valence-electron chi connectivity index (χ4n) is 4.71. The molecule has 0 bridgehead atoms. The quantitative estimate of drug-likeness (QED) is 0.200. The van der Waals surface area contributed by atoms with Crippen molar-refractivity contribution < 1.29 is 14.3 Å². The highest BCUT2D eigenvalue weighted by Crippen LogP contribution is 2.34. The lowest BCUT2D eigenvalue weighted by Gasteiger charge is -2.14. The van der Waals surface area contributed by atoms with Gasteiger partial charge in [-0.15, -0.1) is 0 Å². The first kappa shape index (κ1) is 24.3. The van der Waals surface area contributed by atoms with E-state index in [0.717, 1.165) is 50.3 Å². The molecule has 0 aliphatic carbocycles. The van der Waals surface area contributed by atoms with Crippen molar-refractivity contribution in [1.29, 1.82) is 0 Å². The minimum absolute atomic E-state index is 0.184. The van der Waals surface area contributed by atoms with Crippen LogP contribution >= 0.6 is 23.4 Å². The Hall–Kier alpha value is -4.00. The Morgan fingerprint density at radius 3 is 2.42 bits per heavy atom. The van der Waals surface area contributed by atoms with E-state index in [0.29, 0.717) is 16.5 Å². The molecule has 2 amide bonds. The predicted octanol–water partition coefficient (Wildman–Crippen LogP) is 7.61. The number of carbonyl (C=O) groups excluding carboxylic acids is 2. The van der Waals surface area contributed by atoms with Gasteiger partial charge in [-0.2, -0.15) is 0 Å². The fraction of sp³-hybridized carbons (Fsp3) is 0.0968. The summed E-state index contributed by atoms with van der Waals surface area (Å²) in [5, 5.41) is 3.51. The van der Waals surface area contributed by atoms with E-state index in [1.54, 1.807) is 0 Å². The second-order valence-corrected chi connectivity index (χ2v) is 10.4. The number of hydrogen-bond donors (Lipinski definition) is 0. The van der Waals surface area contributed by atoms with Crippen LogP contribution in [0.2, 0.25) is 5.02 Å². The van der Waals surface area contributed by atoms with Gasteiger partial charge >= 0.3 is 0 Å². The highest BCUT2D eigenvalue weighted by Gasteiger charge is 2.35. The molecule has 2 heterocycles. The first-order chi connectivity index (χ1) is 18.6. The average Bonchev–Trinajstić information content (AvgIpc) is 3.41. The summed E-state index contributed by atoms with van der Waals surface area (Å²) in [6.45, 7) is 1.07. The van der Waals surface area contributed by atoms with Gasteiger partial charge in [0.2, 0.25) is 0 Å². The van der Waals surface area contributed by atoms with Crippen molar-refractivity contribution in [3.8, 4) is 5.75 Å². The maximum atomic E-state index is 13.2. The van der Waals surface area contributed by atoms with E-state index in [1.165, 1.54) is 4.90 Å². The van der Waals surface area contributed by atoms with E-state index in [4.69, 9.17) is 16.3 Å². The summed E-state index contributed by atoms with van der Waals surface area (Å²) < 4.78 is 8.12. The summed E-state index contributed by atoms with van der Waals surface area (Å²) in [4.78, 5) is 27.6. The molecule has 1 aromatic heterocycles. The van der Waals surface area contributed by atoms with Gasteiger partial charge in [0.05, 0.1) is 11.4 Å². The van der Waals surface area contributed by atoms with Crippen LogP contribution < -0.4 is 4.74 Å². The molecule has 5 nitrogen and oxygen atoms in total. The number of benzene rings is 4. The Bertz CT molecular complexity index is 1700. The molecule has 1 fully saturated rings. The van der Waals surface area contributed by atoms with Gasteiger partial charge in [-0.25, -0.2) is 0 Å². The highest BCUT2D eigenvalue weighted by molar-refractivity contribution is 8.18. The van der Waals surface area contributed by atoms with Crippen LogP contribution in [0.1, 0.15) is 11.1 Å². The molecular formula is C31H23ClN2O3S. The molecule has 0 spiro atoms. The molecule has 0 N–H and O–H groups in total. The number of rotatable bonds is 7. The van der Waals surface area contributed by atoms with Crippen molar-refractivity contribution in [3.63, 3.8) is 0 Å². The number of ether oxygens (including phenoxy) is 1. The van der Waals surface area contributed by atoms with Crippen LogP contribution in [-0.2, 0) is 11.3 Å². The number of para-hydroxylation sites is 1. The van der Waals surface area contributed by atoms with Crippen LogP contribution in [0.4, 0.5) is 4.79 Å². The first-order valence-corrected chi connectivity index (χ1v) is 13.4. The minimum atomic E-state index is -0.295. The predicted molar refractivity (Wildman–Crippen MR) is 155 cm³/mol. The first-order valence-electron chi connectivity index (χ1n) is 12.2. The maximum Gasteiger partial charge on any atom is 0.293 e. The zero-order chi connectivity index (χ0) is 26.1. The van der Waals surface area contributed by atoms with Crippen LogP contribution in [0.15, 0.2) is 102 Å². The molecule has 0 radical (unpaired) electrons. The SMILES string of the molecule is O=C1S/C(=C\c2cn(Cc3ccc(Cl)cc3)c3ccccc23)C(=O)N1CCOc1cccc2ccccc12. The molecular weight excluding hydrogens is 516 g/mol. The molecule has 1 aliphatic heterocycles. The summed E-state index contributed by atoms with van der Waals surface area (Å²) in [6.07, 6.45) is 3.84. The Balaban J connectivity index is 1.20. The standard InChI is InChI=1S/C31H23ClN2O3S/c32-24-14-12-21(13-15-24)19-33-20-23(25-8-3-4-10-27(25)33)18-29-30(35)34(31(36)38-29)16-17-37-28-11-5-7-22-6-1-2-9-26(22)28/h1-15,18,20H,16-17,19H2/b29-18-. The molecule has 0 atom stereocenters. The largest absolute Gasteiger partial charge is 0.491 e. The van der Waals surface area contributed by atoms with Gasteiger partial charge in [0.15, 0.2) is 0 Å². The molecule has 4 aromatic carbocycles. The summed E-state index contributed by atoms with van der Waals surface area (Å²) >= 11 is 7.01. The van der Waals surface area contributed by atoms with E-state index in [2.05, 4.69) is 10.6 Å². The topological polar surface area (TPSA) is 51.5 Å². The molecule has 1 aliphatic rings. The third kappa shape index (κ3) is 4.80. The van der Waals surface area contributed by atoms with Crippen LogP contribution in [0.3, 0.4) is 0 Å². The van der Waals surface area contributed by atoms with Crippen LogP contribution in [0.5, 0.6) is 5.75 Å². The second-order valence-electron chi connectivity index (χ2n) is 9.02. The number of amides is 2. The molecule has 6 rings (SSSR count). The van der Waals surface area contributed by atoms with Crippen LogP contribution in [0, 0.1) is 0 Å². The smallest absolute Gasteiger partial charge is 0.293 e. The van der Waals surface area contributed by atoms with Crippen molar-refractivity contribution >= 4 is 62.3 Å². The fourth-order valence-corrected chi connectivity index (χ4v) is 5.69. The Morgan fingerprint density at radius 2 is 1.58 bits per heavy atom. The lowest BCUT2D eigenvalue weighted by Crippen LogP contribution is -2.32. The Kier molecular flexibility index (Phi) is 6.66. The van der Waals surface area contributed by atoms with Crippen LogP contribution in [-0.4, -0.2) is 33.8 Å². The third-order valence-corrected chi connectivity index (χ3v) is 7.73. The van der Waals surface area contributed by atoms with Gasteiger partial charge in [0, 0.05) is 39.6 Å². The van der Waals surface area contributed by atoms with Gasteiger partial charge in [-0.3, -0.25) is 14.5 Å². The zero-order valence-electron chi connectivity index (χ0n) is 20.3. The number of nitrogens with zero attached hydrogens (tertiary/aromatic N) is 2. The molecule has 5 aromatic rings. The number of hydrogen-bond acceptors (Lipinski definition) is 4. The second kappa shape index (κ2) is 10.4. The summed E-state index contributed by atoms with van der Waals surface area (Å²) in [5.74, 6) is 0.440. The Labute approximate surface area is 229 Å². The normalized spacial score (nSPS) is 14.8. The van der Waals surface area contributed by atoms with Gasteiger partial charge in [-0.1, -0.05) is 78.3 Å². The summed E-state index contributed by atoms with van der Waals surface area (Å²) in [5.41, 5.74) is 3.07. The molecule has 1 saturated heterocycles. The van der Waals surface area contributed by atoms with Crippen LogP contribution in [0.25, 0.3) is 27.8 Å². The molecule has 7 heteroatoms. The number of carbonyl (C=O) groups is 2. The van der Waals surface area contributed by atoms with Gasteiger partial charge in [0.1, 0.15) is 12.4 Å². The number of halogens is 1. The van der Waals surface area contributed by atoms with Crippen molar-refractivity contribution in [2.75, 3.05) is 13.2 Å². The van der Waals surface area contributed by atoms with E-state index in [1.807, 2.05) is 97.2 Å². The summed E-state index contributed by atoms with van der Waals surface area (Å²) in [6, 6.07) is 29.6. The number of aromatic nitrogens is 1. The molecule has 0 saturated carbocycles. The van der Waals surface area contributed by atoms with Crippen molar-refractivity contribution in [1.82, 2.24) is 9.47 Å². The van der Waals surface area contributed by atoms with Gasteiger partial charge < -0.3 is 9.30 Å². The molecule has 188 valence electrons. The third-order valence-electron chi connectivity index (χ3n) is 6.57. The lowest BCUT2D eigenvalue weighted by atomic mass is 10.1. The average molecular weight is 539 g/mol. The molecule has 38 heavy (non-hydrogen) atoms. The summed E-state index contributed by atoms with van der Waals surface area (Å²) in [7, 11) is 0. The number of thioether (sulfide) groups is 1. The van der Waals surface area contributed by atoms with Crippen molar-refractivity contribution in [2.45, 2.75) is 6.54 Å². The maximum absolute atomic E-state index is 13.2. The van der Waals surface area contributed by atoms with Gasteiger partial charge in [-0.05, 0) is 53.1 Å². The van der Waals surface area contributed by atoms with E-state index in [9.17, 15) is 9.59 Å². The van der Waals surface area contributed by atoms with Gasteiger partial charge in [0.25, 0.3) is 11.1 Å². The highest BCUT2D eigenvalue weighted by atomic mass is 35.5. The lowest BCUT2D eigenvalue weighted by molar-refractivity contribution is -0.123. The minimum Gasteiger partial charge on any atom is -0.491 e. The monoisotopic (exact) mass is 538 g/mol. The van der Waals surface area contributed by atoms with E-state index in [-0.39, 0.29) is 24.3 Å². The van der Waals surface area contributed by atoms with Crippen molar-refractivity contribution in [3.05, 3.63) is 118 Å². The number of fused-ring (bicyclic) bond motifs is 2. The van der Waals surface area contributed by atoms with E-state index >= 15 is 0 Å². The number of imide groups is 1. The van der Waals surface area contributed by atoms with E-state index < -0.39 is 0 Å². The van der Waals surface area contributed by atoms with Crippen molar-refractivity contribution in [2.24, 2.45) is 0 Å².